The Balaban J connectivity index is 1.18. The van der Waals surface area contributed by atoms with Crippen LogP contribution in [0.5, 0.6) is 5.75 Å². The molecule has 2 aliphatic heterocycles. The van der Waals surface area contributed by atoms with Gasteiger partial charge in [-0.3, -0.25) is 9.48 Å². The van der Waals surface area contributed by atoms with Crippen LogP contribution in [0.3, 0.4) is 0 Å². The van der Waals surface area contributed by atoms with Gasteiger partial charge < -0.3 is 23.8 Å². The SMILES string of the molecule is COC(=O)c1ccc(N2CCC(n3cc(-c4cc5c(cc4C(F)F)N(c4cc(OC)cc6c4cc(C)c(=O)n6C)CCC5)cn3)CC2)c(F)c1. The molecule has 0 aliphatic carbocycles. The minimum Gasteiger partial charge on any atom is -0.497 e. The van der Waals surface area contributed by atoms with E-state index in [1.165, 1.54) is 13.2 Å². The maximum absolute atomic E-state index is 14.9. The number of carbonyl (C=O) groups excluding carboxylic acids is 1. The average molecular weight is 686 g/mol. The monoisotopic (exact) mass is 685 g/mol. The second-order valence-electron chi connectivity index (χ2n) is 13.0. The Kier molecular flexibility index (Phi) is 8.79. The van der Waals surface area contributed by atoms with Gasteiger partial charge in [-0.2, -0.15) is 5.10 Å². The van der Waals surface area contributed by atoms with Crippen molar-refractivity contribution in [3.05, 3.63) is 99.3 Å². The molecule has 0 unspecified atom stereocenters. The van der Waals surface area contributed by atoms with Gasteiger partial charge in [0.2, 0.25) is 0 Å². The number of hydrogen-bond acceptors (Lipinski definition) is 7. The smallest absolute Gasteiger partial charge is 0.337 e. The Bertz CT molecular complexity index is 2170. The van der Waals surface area contributed by atoms with Gasteiger partial charge in [0.25, 0.3) is 12.0 Å². The second kappa shape index (κ2) is 13.2. The van der Waals surface area contributed by atoms with Gasteiger partial charge in [0.1, 0.15) is 11.6 Å². The minimum atomic E-state index is -2.73. The first-order valence-electron chi connectivity index (χ1n) is 16.7. The first-order chi connectivity index (χ1) is 24.1. The molecule has 1 saturated heterocycles. The maximum Gasteiger partial charge on any atom is 0.337 e. The number of nitrogens with zero attached hydrogens (tertiary/aromatic N) is 5. The van der Waals surface area contributed by atoms with Crippen molar-refractivity contribution in [2.45, 2.75) is 45.1 Å². The van der Waals surface area contributed by atoms with Gasteiger partial charge >= 0.3 is 5.97 Å². The molecule has 5 aromatic rings. The molecule has 0 amide bonds. The summed E-state index contributed by atoms with van der Waals surface area (Å²) >= 11 is 0. The number of carbonyl (C=O) groups is 1. The molecular weight excluding hydrogens is 647 g/mol. The highest BCUT2D eigenvalue weighted by Gasteiger charge is 2.28. The largest absolute Gasteiger partial charge is 0.497 e. The van der Waals surface area contributed by atoms with Crippen molar-refractivity contribution in [3.63, 3.8) is 0 Å². The van der Waals surface area contributed by atoms with Gasteiger partial charge in [-0.1, -0.05) is 0 Å². The van der Waals surface area contributed by atoms with Crippen LogP contribution in [0.4, 0.5) is 30.2 Å². The highest BCUT2D eigenvalue weighted by molar-refractivity contribution is 5.97. The molecule has 2 aromatic heterocycles. The van der Waals surface area contributed by atoms with E-state index in [1.54, 1.807) is 50.0 Å². The van der Waals surface area contributed by atoms with Crippen LogP contribution >= 0.6 is 0 Å². The summed E-state index contributed by atoms with van der Waals surface area (Å²) < 4.78 is 58.3. The number of hydrogen-bond donors (Lipinski definition) is 0. The Morgan fingerprint density at radius 2 is 1.76 bits per heavy atom. The average Bonchev–Trinajstić information content (AvgIpc) is 3.63. The molecule has 4 heterocycles. The zero-order valence-corrected chi connectivity index (χ0v) is 28.4. The normalized spacial score (nSPS) is 15.1. The first kappa shape index (κ1) is 33.2. The number of anilines is 3. The number of aromatic nitrogens is 3. The van der Waals surface area contributed by atoms with Crippen molar-refractivity contribution < 1.29 is 27.4 Å². The number of rotatable bonds is 7. The molecule has 0 spiro atoms. The fourth-order valence-corrected chi connectivity index (χ4v) is 7.40. The highest BCUT2D eigenvalue weighted by Crippen LogP contribution is 2.44. The molecule has 260 valence electrons. The number of methoxy groups -OCH3 is 2. The van der Waals surface area contributed by atoms with Crippen LogP contribution in [0, 0.1) is 12.7 Å². The number of ether oxygens (including phenoxy) is 2. The molecule has 2 aliphatic rings. The molecule has 12 heteroatoms. The number of fused-ring (bicyclic) bond motifs is 2. The predicted molar refractivity (Wildman–Crippen MR) is 187 cm³/mol. The van der Waals surface area contributed by atoms with E-state index in [4.69, 9.17) is 9.47 Å². The third-order valence-corrected chi connectivity index (χ3v) is 10.1. The molecule has 50 heavy (non-hydrogen) atoms. The second-order valence-corrected chi connectivity index (χ2v) is 13.0. The lowest BCUT2D eigenvalue weighted by Crippen LogP contribution is -2.35. The molecule has 0 saturated carbocycles. The summed E-state index contributed by atoms with van der Waals surface area (Å²) in [6.45, 7) is 3.53. The van der Waals surface area contributed by atoms with Crippen molar-refractivity contribution in [2.24, 2.45) is 7.05 Å². The minimum absolute atomic E-state index is 0.0151. The van der Waals surface area contributed by atoms with Gasteiger partial charge in [0.15, 0.2) is 0 Å². The molecule has 9 nitrogen and oxygen atoms in total. The number of halogens is 3. The number of esters is 1. The van der Waals surface area contributed by atoms with Crippen LogP contribution in [0.15, 0.2) is 65.7 Å². The van der Waals surface area contributed by atoms with Gasteiger partial charge in [0, 0.05) is 72.8 Å². The topological polar surface area (TPSA) is 81.8 Å². The maximum atomic E-state index is 14.9. The number of aryl methyl sites for hydroxylation is 3. The van der Waals surface area contributed by atoms with Crippen LogP contribution in [-0.4, -0.2) is 54.2 Å². The molecule has 0 N–H and O–H groups in total. The molecule has 0 bridgehead atoms. The molecule has 0 radical (unpaired) electrons. The molecule has 7 rings (SSSR count). The Morgan fingerprint density at radius 3 is 2.46 bits per heavy atom. The lowest BCUT2D eigenvalue weighted by Gasteiger charge is -2.34. The quantitative estimate of drug-likeness (QED) is 0.164. The van der Waals surface area contributed by atoms with Crippen molar-refractivity contribution in [3.8, 4) is 16.9 Å². The molecule has 0 atom stereocenters. The Morgan fingerprint density at radius 1 is 0.980 bits per heavy atom. The zero-order chi connectivity index (χ0) is 35.3. The van der Waals surface area contributed by atoms with E-state index in [-0.39, 0.29) is 22.7 Å². The number of benzene rings is 3. The van der Waals surface area contributed by atoms with E-state index in [0.717, 1.165) is 29.5 Å². The fraction of sp³-hybridized carbons (Fsp3) is 0.342. The van der Waals surface area contributed by atoms with Gasteiger partial charge in [0.05, 0.1) is 48.9 Å². The summed E-state index contributed by atoms with van der Waals surface area (Å²) in [6.07, 6.45) is 3.65. The lowest BCUT2D eigenvalue weighted by molar-refractivity contribution is 0.0600. The molecular formula is C38H38F3N5O4. The summed E-state index contributed by atoms with van der Waals surface area (Å²) in [5.41, 5.74) is 5.21. The van der Waals surface area contributed by atoms with Gasteiger partial charge in [-0.15, -0.1) is 0 Å². The van der Waals surface area contributed by atoms with Crippen molar-refractivity contribution in [1.82, 2.24) is 14.3 Å². The Labute approximate surface area is 287 Å². The van der Waals surface area contributed by atoms with Crippen molar-refractivity contribution in [2.75, 3.05) is 43.7 Å². The highest BCUT2D eigenvalue weighted by atomic mass is 19.3. The summed E-state index contributed by atoms with van der Waals surface area (Å²) in [6, 6.07) is 13.4. The standard InChI is InChI=1S/C38H38F3N5O4/c1-22-14-30-34(43(2)37(22)47)17-27(49-3)18-35(30)45-11-5-6-23-15-28(29(36(40)41)19-33(23)45)25-20-42-46(21-25)26-9-12-44(13-10-26)32-8-7-24(16-31(32)39)38(48)50-4/h7-8,14-21,26,36H,5-6,9-13H2,1-4H3. The van der Waals surface area contributed by atoms with E-state index in [0.29, 0.717) is 71.8 Å². The number of pyridine rings is 1. The Hall–Kier alpha value is -5.26. The van der Waals surface area contributed by atoms with E-state index in [2.05, 4.69) is 10.00 Å². The van der Waals surface area contributed by atoms with Crippen LogP contribution < -0.4 is 20.1 Å². The van der Waals surface area contributed by atoms with E-state index in [9.17, 15) is 22.8 Å². The lowest BCUT2D eigenvalue weighted by atomic mass is 9.92. The van der Waals surface area contributed by atoms with Gasteiger partial charge in [-0.05, 0) is 80.1 Å². The summed E-state index contributed by atoms with van der Waals surface area (Å²) in [5.74, 6) is -0.507. The molecule has 1 fully saturated rings. The predicted octanol–water partition coefficient (Wildman–Crippen LogP) is 7.51. The van der Waals surface area contributed by atoms with E-state index in [1.807, 2.05) is 40.0 Å². The number of piperidine rings is 1. The van der Waals surface area contributed by atoms with E-state index >= 15 is 0 Å². The third kappa shape index (κ3) is 5.86. The number of alkyl halides is 2. The van der Waals surface area contributed by atoms with Crippen LogP contribution in [0.1, 0.15) is 58.8 Å². The van der Waals surface area contributed by atoms with Crippen LogP contribution in [-0.2, 0) is 18.2 Å². The van der Waals surface area contributed by atoms with Crippen molar-refractivity contribution in [1.29, 1.82) is 0 Å². The van der Waals surface area contributed by atoms with Gasteiger partial charge in [-0.25, -0.2) is 18.0 Å². The zero-order valence-electron chi connectivity index (χ0n) is 28.4. The first-order valence-corrected chi connectivity index (χ1v) is 16.7. The fourth-order valence-electron chi connectivity index (χ4n) is 7.40. The van der Waals surface area contributed by atoms with Crippen LogP contribution in [0.25, 0.3) is 22.0 Å². The van der Waals surface area contributed by atoms with Crippen molar-refractivity contribution >= 4 is 33.9 Å². The summed E-state index contributed by atoms with van der Waals surface area (Å²) in [5, 5.41) is 5.44. The van der Waals surface area contributed by atoms with E-state index < -0.39 is 18.2 Å². The third-order valence-electron chi connectivity index (χ3n) is 10.1. The molecule has 3 aromatic carbocycles. The summed E-state index contributed by atoms with van der Waals surface area (Å²) in [4.78, 5) is 28.6. The van der Waals surface area contributed by atoms with Crippen LogP contribution in [0.2, 0.25) is 0 Å². The summed E-state index contributed by atoms with van der Waals surface area (Å²) in [7, 11) is 4.55.